The van der Waals surface area contributed by atoms with Crippen LogP contribution in [-0.4, -0.2) is 0 Å². The number of rotatable bonds is 4. The summed E-state index contributed by atoms with van der Waals surface area (Å²) in [4.78, 5) is 0. The molecule has 0 radical (unpaired) electrons. The number of ether oxygens (including phenoxy) is 1. The smallest absolute Gasteiger partial charge is 0.126 e. The predicted octanol–water partition coefficient (Wildman–Crippen LogP) is 5.84. The molecule has 0 aliphatic heterocycles. The van der Waals surface area contributed by atoms with Gasteiger partial charge < -0.3 is 4.74 Å². The first-order chi connectivity index (χ1) is 10.8. The molecule has 0 atom stereocenters. The SMILES string of the molecule is Fc1cccc(OCc2ccc(C3CCCCCC3)cc2)c1. The Hall–Kier alpha value is -1.83. The van der Waals surface area contributed by atoms with Crippen LogP contribution in [-0.2, 0) is 6.61 Å². The van der Waals surface area contributed by atoms with Crippen LogP contribution in [0.15, 0.2) is 48.5 Å². The van der Waals surface area contributed by atoms with Gasteiger partial charge in [-0.1, -0.05) is 56.0 Å². The Bertz CT molecular complexity index is 583. The standard InChI is InChI=1S/C20H23FO/c21-19-8-5-9-20(14-19)22-15-16-10-12-18(13-11-16)17-6-3-1-2-4-7-17/h5,8-14,17H,1-4,6-7,15H2. The molecule has 2 aromatic rings. The van der Waals surface area contributed by atoms with E-state index >= 15 is 0 Å². The van der Waals surface area contributed by atoms with Crippen molar-refractivity contribution in [2.75, 3.05) is 0 Å². The van der Waals surface area contributed by atoms with Crippen LogP contribution in [0.25, 0.3) is 0 Å². The zero-order valence-corrected chi connectivity index (χ0v) is 12.9. The molecule has 1 saturated carbocycles. The summed E-state index contributed by atoms with van der Waals surface area (Å²) in [7, 11) is 0. The molecular formula is C20H23FO. The Morgan fingerprint density at radius 2 is 1.64 bits per heavy atom. The largest absolute Gasteiger partial charge is 0.489 e. The summed E-state index contributed by atoms with van der Waals surface area (Å²) in [6.07, 6.45) is 8.12. The van der Waals surface area contributed by atoms with Gasteiger partial charge in [0.1, 0.15) is 18.2 Å². The van der Waals surface area contributed by atoms with Crippen LogP contribution in [0, 0.1) is 5.82 Å². The second-order valence-electron chi connectivity index (χ2n) is 6.18. The lowest BCUT2D eigenvalue weighted by molar-refractivity contribution is 0.304. The van der Waals surface area contributed by atoms with Crippen molar-refractivity contribution in [2.45, 2.75) is 51.0 Å². The van der Waals surface area contributed by atoms with Crippen LogP contribution in [0.3, 0.4) is 0 Å². The van der Waals surface area contributed by atoms with Crippen molar-refractivity contribution in [3.63, 3.8) is 0 Å². The fourth-order valence-corrected chi connectivity index (χ4v) is 3.22. The molecule has 2 heteroatoms. The van der Waals surface area contributed by atoms with E-state index in [1.807, 2.05) is 0 Å². The topological polar surface area (TPSA) is 9.23 Å². The van der Waals surface area contributed by atoms with E-state index < -0.39 is 0 Å². The molecule has 0 heterocycles. The highest BCUT2D eigenvalue weighted by Gasteiger charge is 2.14. The maximum absolute atomic E-state index is 13.1. The molecule has 1 aliphatic rings. The van der Waals surface area contributed by atoms with Crippen LogP contribution in [0.1, 0.15) is 55.6 Å². The third kappa shape index (κ3) is 4.09. The molecule has 0 N–H and O–H groups in total. The Morgan fingerprint density at radius 3 is 2.32 bits per heavy atom. The van der Waals surface area contributed by atoms with Crippen LogP contribution in [0.2, 0.25) is 0 Å². The Labute approximate surface area is 132 Å². The summed E-state index contributed by atoms with van der Waals surface area (Å²) in [5.41, 5.74) is 2.58. The first-order valence-corrected chi connectivity index (χ1v) is 8.28. The lowest BCUT2D eigenvalue weighted by atomic mass is 9.91. The molecule has 3 rings (SSSR count). The van der Waals surface area contributed by atoms with Gasteiger partial charge in [0.2, 0.25) is 0 Å². The van der Waals surface area contributed by atoms with Gasteiger partial charge in [-0.15, -0.1) is 0 Å². The highest BCUT2D eigenvalue weighted by atomic mass is 19.1. The lowest BCUT2D eigenvalue weighted by Gasteiger charge is -2.15. The minimum absolute atomic E-state index is 0.263. The molecule has 0 aromatic heterocycles. The highest BCUT2D eigenvalue weighted by Crippen LogP contribution is 2.31. The molecule has 1 nitrogen and oxygen atoms in total. The quantitative estimate of drug-likeness (QED) is 0.644. The van der Waals surface area contributed by atoms with Crippen molar-refractivity contribution >= 4 is 0 Å². The maximum Gasteiger partial charge on any atom is 0.126 e. The van der Waals surface area contributed by atoms with E-state index in [1.54, 1.807) is 12.1 Å². The number of hydrogen-bond acceptors (Lipinski definition) is 1. The molecule has 22 heavy (non-hydrogen) atoms. The van der Waals surface area contributed by atoms with Crippen molar-refractivity contribution in [2.24, 2.45) is 0 Å². The lowest BCUT2D eigenvalue weighted by Crippen LogP contribution is -1.99. The minimum atomic E-state index is -0.263. The van der Waals surface area contributed by atoms with E-state index in [0.29, 0.717) is 12.4 Å². The number of halogens is 1. The van der Waals surface area contributed by atoms with Crippen molar-refractivity contribution in [3.05, 3.63) is 65.5 Å². The molecule has 0 saturated heterocycles. The van der Waals surface area contributed by atoms with Gasteiger partial charge in [-0.3, -0.25) is 0 Å². The van der Waals surface area contributed by atoms with Gasteiger partial charge in [0.25, 0.3) is 0 Å². The zero-order chi connectivity index (χ0) is 15.2. The van der Waals surface area contributed by atoms with E-state index in [1.165, 1.54) is 56.2 Å². The van der Waals surface area contributed by atoms with E-state index in [9.17, 15) is 4.39 Å². The third-order valence-corrected chi connectivity index (χ3v) is 4.51. The fraction of sp³-hybridized carbons (Fsp3) is 0.400. The van der Waals surface area contributed by atoms with E-state index in [2.05, 4.69) is 24.3 Å². The molecule has 0 bridgehead atoms. The van der Waals surface area contributed by atoms with Gasteiger partial charge >= 0.3 is 0 Å². The normalized spacial score (nSPS) is 16.2. The van der Waals surface area contributed by atoms with Crippen molar-refractivity contribution < 1.29 is 9.13 Å². The highest BCUT2D eigenvalue weighted by molar-refractivity contribution is 5.27. The second-order valence-corrected chi connectivity index (χ2v) is 6.18. The van der Waals surface area contributed by atoms with Gasteiger partial charge in [-0.2, -0.15) is 0 Å². The molecule has 1 fully saturated rings. The van der Waals surface area contributed by atoms with Gasteiger partial charge in [0, 0.05) is 6.07 Å². The van der Waals surface area contributed by atoms with Crippen molar-refractivity contribution in [3.8, 4) is 5.75 Å². The summed E-state index contributed by atoms with van der Waals surface area (Å²) in [6.45, 7) is 0.481. The summed E-state index contributed by atoms with van der Waals surface area (Å²) in [5, 5.41) is 0. The minimum Gasteiger partial charge on any atom is -0.489 e. The van der Waals surface area contributed by atoms with Crippen molar-refractivity contribution in [1.29, 1.82) is 0 Å². The van der Waals surface area contributed by atoms with E-state index in [-0.39, 0.29) is 5.82 Å². The first kappa shape index (κ1) is 15.1. The Morgan fingerprint density at radius 1 is 0.909 bits per heavy atom. The average Bonchev–Trinajstić information content (AvgIpc) is 2.83. The number of hydrogen-bond donors (Lipinski definition) is 0. The maximum atomic E-state index is 13.1. The number of benzene rings is 2. The first-order valence-electron chi connectivity index (χ1n) is 8.28. The molecule has 0 spiro atoms. The molecular weight excluding hydrogens is 275 g/mol. The van der Waals surface area contributed by atoms with Crippen LogP contribution in [0.4, 0.5) is 4.39 Å². The average molecular weight is 298 g/mol. The molecule has 0 unspecified atom stereocenters. The predicted molar refractivity (Wildman–Crippen MR) is 87.6 cm³/mol. The molecule has 0 amide bonds. The van der Waals surface area contributed by atoms with E-state index in [0.717, 1.165) is 11.5 Å². The zero-order valence-electron chi connectivity index (χ0n) is 12.9. The monoisotopic (exact) mass is 298 g/mol. The van der Waals surface area contributed by atoms with Gasteiger partial charge in [-0.05, 0) is 42.0 Å². The van der Waals surface area contributed by atoms with E-state index in [4.69, 9.17) is 4.74 Å². The Kier molecular flexibility index (Phi) is 5.10. The summed E-state index contributed by atoms with van der Waals surface area (Å²) < 4.78 is 18.7. The van der Waals surface area contributed by atoms with Gasteiger partial charge in [0.05, 0.1) is 0 Å². The summed E-state index contributed by atoms with van der Waals surface area (Å²) in [5.74, 6) is 1.04. The van der Waals surface area contributed by atoms with Crippen molar-refractivity contribution in [1.82, 2.24) is 0 Å². The molecule has 116 valence electrons. The summed E-state index contributed by atoms with van der Waals surface area (Å²) in [6, 6.07) is 15.0. The summed E-state index contributed by atoms with van der Waals surface area (Å²) >= 11 is 0. The van der Waals surface area contributed by atoms with Crippen LogP contribution >= 0.6 is 0 Å². The van der Waals surface area contributed by atoms with Crippen LogP contribution in [0.5, 0.6) is 5.75 Å². The fourth-order valence-electron chi connectivity index (χ4n) is 3.22. The third-order valence-electron chi connectivity index (χ3n) is 4.51. The van der Waals surface area contributed by atoms with Crippen LogP contribution < -0.4 is 4.74 Å². The molecule has 1 aliphatic carbocycles. The van der Waals surface area contributed by atoms with Gasteiger partial charge in [0.15, 0.2) is 0 Å². The Balaban J connectivity index is 1.59. The molecule has 2 aromatic carbocycles. The van der Waals surface area contributed by atoms with Gasteiger partial charge in [-0.25, -0.2) is 4.39 Å². The second kappa shape index (κ2) is 7.44.